The van der Waals surface area contributed by atoms with Gasteiger partial charge in [0.15, 0.2) is 17.5 Å². The molecule has 0 aliphatic rings. The minimum atomic E-state index is 0.594. The molecule has 0 atom stereocenters. The highest BCUT2D eigenvalue weighted by Gasteiger charge is 2.18. The van der Waals surface area contributed by atoms with Crippen molar-refractivity contribution >= 4 is 43.6 Å². The third-order valence-electron chi connectivity index (χ3n) is 18.0. The fourth-order valence-electron chi connectivity index (χ4n) is 13.4. The van der Waals surface area contributed by atoms with E-state index in [0.717, 1.165) is 89.3 Å². The summed E-state index contributed by atoms with van der Waals surface area (Å²) in [6, 6.07) is 124. The van der Waals surface area contributed by atoms with Crippen molar-refractivity contribution in [1.82, 2.24) is 24.1 Å². The van der Waals surface area contributed by atoms with Crippen molar-refractivity contribution in [3.8, 4) is 123 Å². The third kappa shape index (κ3) is 10.0. The molecule has 3 heterocycles. The number of nitrogens with zero attached hydrogens (tertiary/aromatic N) is 5. The number of benzene rings is 14. The van der Waals surface area contributed by atoms with Crippen LogP contribution >= 0.6 is 0 Å². The van der Waals surface area contributed by atoms with E-state index in [0.29, 0.717) is 17.5 Å². The van der Waals surface area contributed by atoms with Gasteiger partial charge in [0.25, 0.3) is 0 Å². The summed E-state index contributed by atoms with van der Waals surface area (Å²) in [5, 5.41) is 4.99. The van der Waals surface area contributed by atoms with Crippen LogP contribution in [0.5, 0.6) is 0 Å². The fourth-order valence-corrected chi connectivity index (χ4v) is 13.4. The van der Waals surface area contributed by atoms with Crippen molar-refractivity contribution in [3.05, 3.63) is 346 Å². The lowest BCUT2D eigenvalue weighted by molar-refractivity contribution is 1.07. The van der Waals surface area contributed by atoms with Crippen molar-refractivity contribution in [2.24, 2.45) is 0 Å². The van der Waals surface area contributed by atoms with Gasteiger partial charge >= 0.3 is 0 Å². The molecular formula is C87H57N5. The number of hydrogen-bond donors (Lipinski definition) is 0. The number of hydrogen-bond acceptors (Lipinski definition) is 3. The first-order valence-electron chi connectivity index (χ1n) is 31.3. The minimum Gasteiger partial charge on any atom is -0.309 e. The first-order chi connectivity index (χ1) is 45.6. The van der Waals surface area contributed by atoms with E-state index < -0.39 is 0 Å². The summed E-state index contributed by atoms with van der Waals surface area (Å²) in [6.07, 6.45) is 0. The lowest BCUT2D eigenvalue weighted by atomic mass is 9.96. The lowest BCUT2D eigenvalue weighted by Crippen LogP contribution is -2.00. The molecule has 0 bridgehead atoms. The normalized spacial score (nSPS) is 11.5. The minimum absolute atomic E-state index is 0.594. The molecule has 3 aromatic heterocycles. The van der Waals surface area contributed by atoms with Crippen LogP contribution in [0, 0.1) is 0 Å². The Kier molecular flexibility index (Phi) is 13.5. The predicted molar refractivity (Wildman–Crippen MR) is 383 cm³/mol. The van der Waals surface area contributed by atoms with Crippen molar-refractivity contribution in [2.45, 2.75) is 0 Å². The zero-order valence-corrected chi connectivity index (χ0v) is 50.1. The summed E-state index contributed by atoms with van der Waals surface area (Å²) in [7, 11) is 0. The first-order valence-corrected chi connectivity index (χ1v) is 31.3. The zero-order chi connectivity index (χ0) is 60.9. The molecule has 0 unspecified atom stereocenters. The SMILES string of the molecule is c1ccc(-c2cccc(-c3cccc(-c4ccc(-c5nc(-c6ccc(-c7cccc(-c8cccc(-n9c%10ccccc%10c%10ccccc%109)c8)c7)cc6)nc(-c6cccc(-c7cccc(-c8cccc(-n9c%10ccccc%10c%10ccccc%109)c8)c7)c6)n5)cc4)c3)c2)cc1. The smallest absolute Gasteiger partial charge is 0.164 e. The van der Waals surface area contributed by atoms with E-state index in [4.69, 9.17) is 15.0 Å². The third-order valence-corrected chi connectivity index (χ3v) is 18.0. The van der Waals surface area contributed by atoms with Gasteiger partial charge in [-0.15, -0.1) is 0 Å². The second kappa shape index (κ2) is 23.0. The Bertz CT molecular complexity index is 5530. The van der Waals surface area contributed by atoms with Crippen molar-refractivity contribution in [2.75, 3.05) is 0 Å². The van der Waals surface area contributed by atoms with Crippen LogP contribution in [0.3, 0.4) is 0 Å². The molecule has 430 valence electrons. The molecule has 0 N–H and O–H groups in total. The van der Waals surface area contributed by atoms with Gasteiger partial charge in [-0.2, -0.15) is 0 Å². The topological polar surface area (TPSA) is 48.5 Å². The number of aromatic nitrogens is 5. The van der Waals surface area contributed by atoms with E-state index in [-0.39, 0.29) is 0 Å². The maximum Gasteiger partial charge on any atom is 0.164 e. The Morgan fingerprint density at radius 3 is 0.707 bits per heavy atom. The van der Waals surface area contributed by atoms with E-state index in [1.165, 1.54) is 60.3 Å². The highest BCUT2D eigenvalue weighted by Crippen LogP contribution is 2.39. The zero-order valence-electron chi connectivity index (χ0n) is 50.1. The van der Waals surface area contributed by atoms with Gasteiger partial charge in [0.1, 0.15) is 0 Å². The Balaban J connectivity index is 0.709. The molecule has 0 aliphatic carbocycles. The molecule has 5 nitrogen and oxygen atoms in total. The Morgan fingerprint density at radius 1 is 0.152 bits per heavy atom. The van der Waals surface area contributed by atoms with Crippen LogP contribution in [-0.2, 0) is 0 Å². The van der Waals surface area contributed by atoms with Gasteiger partial charge in [0, 0.05) is 49.6 Å². The summed E-state index contributed by atoms with van der Waals surface area (Å²) >= 11 is 0. The first kappa shape index (κ1) is 53.9. The maximum absolute atomic E-state index is 5.30. The Labute approximate surface area is 533 Å². The summed E-state index contributed by atoms with van der Waals surface area (Å²) in [4.78, 5) is 15.9. The largest absolute Gasteiger partial charge is 0.309 e. The van der Waals surface area contributed by atoms with Crippen molar-refractivity contribution in [3.63, 3.8) is 0 Å². The molecule has 0 amide bonds. The van der Waals surface area contributed by atoms with E-state index in [1.54, 1.807) is 0 Å². The molecule has 5 heteroatoms. The van der Waals surface area contributed by atoms with Crippen LogP contribution in [0.25, 0.3) is 167 Å². The summed E-state index contributed by atoms with van der Waals surface area (Å²) in [5.41, 5.74) is 25.6. The fraction of sp³-hybridized carbons (Fsp3) is 0. The standard InChI is InChI=1S/C87H57N5/c1-2-19-58(20-3-1)63-21-12-24-66(51-63)67-25-13-22-64(52-67)59-43-47-61(48-44-59)85-88-86(62-49-45-60(46-50-62)65-23-14-27-69(53-65)72-30-17-33-75(56-72)91-81-39-8-4-35-77(81)78-36-5-9-40-82(78)91)90-87(89-85)74-32-16-29-71(55-74)68-26-15-28-70(54-68)73-31-18-34-76(57-73)92-83-41-10-6-37-79(83)80-38-7-11-42-84(80)92/h1-57H. The summed E-state index contributed by atoms with van der Waals surface area (Å²) in [5.74, 6) is 1.78. The second-order valence-corrected chi connectivity index (χ2v) is 23.6. The van der Waals surface area contributed by atoms with Gasteiger partial charge in [-0.1, -0.05) is 267 Å². The molecule has 17 rings (SSSR count). The monoisotopic (exact) mass is 1170 g/mol. The average molecular weight is 1170 g/mol. The van der Waals surface area contributed by atoms with Crippen LogP contribution in [0.2, 0.25) is 0 Å². The molecule has 0 saturated carbocycles. The van der Waals surface area contributed by atoms with Gasteiger partial charge < -0.3 is 9.13 Å². The highest BCUT2D eigenvalue weighted by molar-refractivity contribution is 6.10. The van der Waals surface area contributed by atoms with Gasteiger partial charge in [-0.05, 0) is 157 Å². The molecule has 92 heavy (non-hydrogen) atoms. The molecule has 14 aromatic carbocycles. The summed E-state index contributed by atoms with van der Waals surface area (Å²) < 4.78 is 4.75. The van der Waals surface area contributed by atoms with E-state index in [9.17, 15) is 0 Å². The second-order valence-electron chi connectivity index (χ2n) is 23.6. The van der Waals surface area contributed by atoms with Gasteiger partial charge in [0.2, 0.25) is 0 Å². The predicted octanol–water partition coefficient (Wildman–Crippen LogP) is 22.7. The molecular weight excluding hydrogens is 1110 g/mol. The van der Waals surface area contributed by atoms with Gasteiger partial charge in [0.05, 0.1) is 22.1 Å². The molecule has 0 saturated heterocycles. The molecule has 0 aliphatic heterocycles. The highest BCUT2D eigenvalue weighted by atomic mass is 15.0. The van der Waals surface area contributed by atoms with E-state index >= 15 is 0 Å². The molecule has 0 spiro atoms. The quantitative estimate of drug-likeness (QED) is 0.122. The molecule has 0 radical (unpaired) electrons. The number of fused-ring (bicyclic) bond motifs is 6. The van der Waals surface area contributed by atoms with Crippen LogP contribution in [0.15, 0.2) is 346 Å². The van der Waals surface area contributed by atoms with E-state index in [2.05, 4.69) is 355 Å². The van der Waals surface area contributed by atoms with Crippen molar-refractivity contribution < 1.29 is 0 Å². The van der Waals surface area contributed by atoms with Crippen molar-refractivity contribution in [1.29, 1.82) is 0 Å². The van der Waals surface area contributed by atoms with Crippen LogP contribution in [0.1, 0.15) is 0 Å². The molecule has 0 fully saturated rings. The van der Waals surface area contributed by atoms with Crippen LogP contribution < -0.4 is 0 Å². The van der Waals surface area contributed by atoms with Crippen LogP contribution in [-0.4, -0.2) is 24.1 Å². The number of para-hydroxylation sites is 4. The van der Waals surface area contributed by atoms with Crippen LogP contribution in [0.4, 0.5) is 0 Å². The summed E-state index contributed by atoms with van der Waals surface area (Å²) in [6.45, 7) is 0. The van der Waals surface area contributed by atoms with E-state index in [1.807, 2.05) is 0 Å². The average Bonchev–Trinajstić information content (AvgIpc) is 1.62. The molecule has 17 aromatic rings. The maximum atomic E-state index is 5.30. The Morgan fingerprint density at radius 2 is 0.370 bits per heavy atom. The van der Waals surface area contributed by atoms with Gasteiger partial charge in [-0.25, -0.2) is 15.0 Å². The Hall–Kier alpha value is -12.3. The van der Waals surface area contributed by atoms with Gasteiger partial charge in [-0.3, -0.25) is 0 Å². The lowest BCUT2D eigenvalue weighted by Gasteiger charge is -2.12. The number of rotatable bonds is 12.